The van der Waals surface area contributed by atoms with Gasteiger partial charge in [-0.2, -0.15) is 18.4 Å². The highest BCUT2D eigenvalue weighted by molar-refractivity contribution is 7.99. The van der Waals surface area contributed by atoms with E-state index < -0.39 is 23.2 Å². The molecule has 10 heteroatoms. The second kappa shape index (κ2) is 11.1. The van der Waals surface area contributed by atoms with Gasteiger partial charge in [-0.05, 0) is 103 Å². The molecule has 2 aliphatic carbocycles. The Hall–Kier alpha value is -5.01. The number of hydrogen-bond acceptors (Lipinski definition) is 4. The number of hydrogen-bond donors (Lipinski definition) is 2. The quantitative estimate of drug-likeness (QED) is 0.177. The minimum absolute atomic E-state index is 0.159. The van der Waals surface area contributed by atoms with Crippen molar-refractivity contribution in [3.63, 3.8) is 0 Å². The van der Waals surface area contributed by atoms with Crippen LogP contribution < -0.4 is 5.32 Å². The predicted octanol–water partition coefficient (Wildman–Crippen LogP) is 8.80. The summed E-state index contributed by atoms with van der Waals surface area (Å²) in [6.07, 6.45) is 0.859. The Morgan fingerprint density at radius 2 is 1.67 bits per heavy atom. The molecule has 1 aromatic heterocycles. The van der Waals surface area contributed by atoms with E-state index in [0.717, 1.165) is 52.1 Å². The molecule has 0 spiro atoms. The van der Waals surface area contributed by atoms with Gasteiger partial charge in [0.1, 0.15) is 0 Å². The molecule has 1 heterocycles. The lowest BCUT2D eigenvalue weighted by Crippen LogP contribution is -2.35. The second-order valence-electron chi connectivity index (χ2n) is 11.8. The number of benzene rings is 4. The van der Waals surface area contributed by atoms with Crippen molar-refractivity contribution >= 4 is 34.5 Å². The van der Waals surface area contributed by atoms with Crippen LogP contribution in [0.3, 0.4) is 0 Å². The maximum absolute atomic E-state index is 14.3. The van der Waals surface area contributed by atoms with Crippen molar-refractivity contribution in [1.29, 1.82) is 5.26 Å². The molecule has 5 aromatic rings. The average Bonchev–Trinajstić information content (AvgIpc) is 3.99. The standard InChI is InChI=1S/C36H26F3N3O3S/c37-36(38,39)26-8-12-28(13-9-26)46-31-20-42(27-10-11-27)30-18-24(23-3-1-2-21(16-23)19-40)17-29(32(30)31)33(43)41-35(14-15-35)25-6-4-22(5-7-25)34(44)45/h1-9,12-13,16-18,20,27H,10-11,14-15H2,(H,41,43)(H,44,45). The fourth-order valence-corrected chi connectivity index (χ4v) is 6.87. The minimum Gasteiger partial charge on any atom is -0.478 e. The first kappa shape index (κ1) is 29.7. The lowest BCUT2D eigenvalue weighted by Gasteiger charge is -2.20. The monoisotopic (exact) mass is 637 g/mol. The van der Waals surface area contributed by atoms with Crippen molar-refractivity contribution in [2.45, 2.75) is 53.2 Å². The van der Waals surface area contributed by atoms with E-state index in [0.29, 0.717) is 34.3 Å². The summed E-state index contributed by atoms with van der Waals surface area (Å²) in [7, 11) is 0. The van der Waals surface area contributed by atoms with Crippen molar-refractivity contribution in [3.05, 3.63) is 119 Å². The molecule has 0 saturated heterocycles. The Morgan fingerprint density at radius 3 is 2.28 bits per heavy atom. The molecule has 230 valence electrons. The van der Waals surface area contributed by atoms with E-state index in [-0.39, 0.29) is 17.5 Å². The second-order valence-corrected chi connectivity index (χ2v) is 12.9. The van der Waals surface area contributed by atoms with Gasteiger partial charge in [0.15, 0.2) is 0 Å². The van der Waals surface area contributed by atoms with Crippen LogP contribution in [0.1, 0.15) is 69.1 Å². The summed E-state index contributed by atoms with van der Waals surface area (Å²) >= 11 is 1.31. The van der Waals surface area contributed by atoms with Gasteiger partial charge in [0, 0.05) is 27.4 Å². The lowest BCUT2D eigenvalue weighted by molar-refractivity contribution is -0.137. The van der Waals surface area contributed by atoms with Crippen LogP contribution in [0.5, 0.6) is 0 Å². The molecule has 2 saturated carbocycles. The molecule has 6 nitrogen and oxygen atoms in total. The number of rotatable bonds is 8. The van der Waals surface area contributed by atoms with Crippen LogP contribution in [0.15, 0.2) is 101 Å². The highest BCUT2D eigenvalue weighted by Gasteiger charge is 2.46. The highest BCUT2D eigenvalue weighted by Crippen LogP contribution is 2.48. The molecular formula is C36H26F3N3O3S. The van der Waals surface area contributed by atoms with Crippen LogP contribution in [0.4, 0.5) is 13.2 Å². The number of alkyl halides is 3. The number of halogens is 3. The third-order valence-electron chi connectivity index (χ3n) is 8.61. The molecule has 0 unspecified atom stereocenters. The van der Waals surface area contributed by atoms with E-state index in [4.69, 9.17) is 0 Å². The number of carbonyl (C=O) groups excluding carboxylic acids is 1. The maximum Gasteiger partial charge on any atom is 0.416 e. The van der Waals surface area contributed by atoms with Crippen LogP contribution in [0.25, 0.3) is 22.0 Å². The third kappa shape index (κ3) is 5.63. The maximum atomic E-state index is 14.3. The molecule has 2 N–H and O–H groups in total. The third-order valence-corrected chi connectivity index (χ3v) is 9.64. The van der Waals surface area contributed by atoms with Gasteiger partial charge in [0.25, 0.3) is 5.91 Å². The number of carbonyl (C=O) groups is 2. The summed E-state index contributed by atoms with van der Waals surface area (Å²) in [6.45, 7) is 0. The van der Waals surface area contributed by atoms with Crippen LogP contribution in [0, 0.1) is 11.3 Å². The molecule has 1 amide bonds. The van der Waals surface area contributed by atoms with E-state index in [1.54, 1.807) is 30.3 Å². The fourth-order valence-electron chi connectivity index (χ4n) is 5.86. The molecule has 0 bridgehead atoms. The number of nitrogens with one attached hydrogen (secondary N) is 1. The van der Waals surface area contributed by atoms with Gasteiger partial charge in [0.2, 0.25) is 0 Å². The zero-order valence-corrected chi connectivity index (χ0v) is 25.1. The van der Waals surface area contributed by atoms with Crippen molar-refractivity contribution in [1.82, 2.24) is 9.88 Å². The van der Waals surface area contributed by atoms with Gasteiger partial charge in [0.05, 0.1) is 39.4 Å². The Labute approximate surface area is 266 Å². The van der Waals surface area contributed by atoms with Crippen molar-refractivity contribution in [2.24, 2.45) is 0 Å². The summed E-state index contributed by atoms with van der Waals surface area (Å²) in [5.74, 6) is -1.34. The molecule has 0 radical (unpaired) electrons. The topological polar surface area (TPSA) is 95.1 Å². The van der Waals surface area contributed by atoms with Crippen LogP contribution in [-0.4, -0.2) is 21.6 Å². The van der Waals surface area contributed by atoms with Gasteiger partial charge < -0.3 is 15.0 Å². The predicted molar refractivity (Wildman–Crippen MR) is 168 cm³/mol. The van der Waals surface area contributed by atoms with Gasteiger partial charge in [-0.1, -0.05) is 36.0 Å². The zero-order valence-electron chi connectivity index (χ0n) is 24.3. The zero-order chi connectivity index (χ0) is 32.2. The summed E-state index contributed by atoms with van der Waals surface area (Å²) in [6, 6.07) is 24.9. The molecule has 46 heavy (non-hydrogen) atoms. The number of aromatic nitrogens is 1. The first-order valence-corrected chi connectivity index (χ1v) is 15.6. The normalized spacial score (nSPS) is 15.3. The summed E-state index contributed by atoms with van der Waals surface area (Å²) < 4.78 is 41.9. The summed E-state index contributed by atoms with van der Waals surface area (Å²) in [5.41, 5.74) is 2.87. The number of nitrogens with zero attached hydrogens (tertiary/aromatic N) is 2. The summed E-state index contributed by atoms with van der Waals surface area (Å²) in [5, 5.41) is 22.8. The molecule has 7 rings (SSSR count). The van der Waals surface area contributed by atoms with E-state index in [1.165, 1.54) is 36.0 Å². The van der Waals surface area contributed by atoms with Crippen molar-refractivity contribution in [2.75, 3.05) is 0 Å². The van der Waals surface area contributed by atoms with Crippen LogP contribution in [-0.2, 0) is 11.7 Å². The average molecular weight is 638 g/mol. The van der Waals surface area contributed by atoms with Gasteiger partial charge in [-0.3, -0.25) is 4.79 Å². The number of carboxylic acid groups (broad SMARTS) is 1. The SMILES string of the molecule is N#Cc1cccc(-c2cc(C(=O)NC3(c4ccc(C(=O)O)cc4)CC3)c3c(Sc4ccc(C(F)(F)F)cc4)cn(C4CC4)c3c2)c1. The van der Waals surface area contributed by atoms with Gasteiger partial charge in [-0.15, -0.1) is 0 Å². The van der Waals surface area contributed by atoms with Gasteiger partial charge >= 0.3 is 12.1 Å². The Morgan fingerprint density at radius 1 is 0.957 bits per heavy atom. The number of carboxylic acids is 1. The first-order valence-electron chi connectivity index (χ1n) is 14.8. The minimum atomic E-state index is -4.44. The fraction of sp³-hybridized carbons (Fsp3) is 0.194. The largest absolute Gasteiger partial charge is 0.478 e. The molecule has 4 aromatic carbocycles. The molecular weight excluding hydrogens is 611 g/mol. The van der Waals surface area contributed by atoms with E-state index >= 15 is 0 Å². The Balaban J connectivity index is 1.34. The van der Waals surface area contributed by atoms with Crippen molar-refractivity contribution in [3.8, 4) is 17.2 Å². The molecule has 0 atom stereocenters. The van der Waals surface area contributed by atoms with Crippen LogP contribution >= 0.6 is 11.8 Å². The molecule has 2 aliphatic rings. The first-order chi connectivity index (χ1) is 22.0. The lowest BCUT2D eigenvalue weighted by atomic mass is 9.97. The number of fused-ring (bicyclic) bond motifs is 1. The number of nitriles is 1. The molecule has 0 aliphatic heterocycles. The van der Waals surface area contributed by atoms with Crippen molar-refractivity contribution < 1.29 is 27.9 Å². The highest BCUT2D eigenvalue weighted by atomic mass is 32.2. The van der Waals surface area contributed by atoms with E-state index in [2.05, 4.69) is 16.0 Å². The van der Waals surface area contributed by atoms with E-state index in [1.807, 2.05) is 24.4 Å². The Bertz CT molecular complexity index is 2050. The molecule has 2 fully saturated rings. The van der Waals surface area contributed by atoms with Gasteiger partial charge in [-0.25, -0.2) is 4.79 Å². The smallest absolute Gasteiger partial charge is 0.416 e. The summed E-state index contributed by atoms with van der Waals surface area (Å²) in [4.78, 5) is 27.1. The van der Waals surface area contributed by atoms with Crippen LogP contribution in [0.2, 0.25) is 0 Å². The Kier molecular flexibility index (Phi) is 7.17. The number of aromatic carboxylic acids is 1. The number of amides is 1. The van der Waals surface area contributed by atoms with E-state index in [9.17, 15) is 33.1 Å².